The second-order valence-electron chi connectivity index (χ2n) is 8.43. The molecule has 1 saturated heterocycles. The molecule has 2 heterocycles. The number of nitrogens with zero attached hydrogens (tertiary/aromatic N) is 2. The average Bonchev–Trinajstić information content (AvgIpc) is 3.07. The maximum atomic E-state index is 12.8. The van der Waals surface area contributed by atoms with Gasteiger partial charge in [0.15, 0.2) is 0 Å². The predicted molar refractivity (Wildman–Crippen MR) is 135 cm³/mol. The number of primary amides is 1. The van der Waals surface area contributed by atoms with Crippen molar-refractivity contribution >= 4 is 57.3 Å². The SMILES string of the molecule is Cc1c(C(N)=O)sc(NC(=O)CN2CCN(Cc3ccc(Cl)c(Cl)c3)CC2)c1C(=O)OC(C)C. The molecule has 34 heavy (non-hydrogen) atoms. The van der Waals surface area contributed by atoms with Crippen molar-refractivity contribution in [3.8, 4) is 0 Å². The Bertz CT molecular complexity index is 1080. The number of thiophene rings is 1. The lowest BCUT2D eigenvalue weighted by Crippen LogP contribution is -2.48. The highest BCUT2D eigenvalue weighted by Gasteiger charge is 2.27. The lowest BCUT2D eigenvalue weighted by atomic mass is 10.1. The van der Waals surface area contributed by atoms with Crippen LogP contribution in [0.2, 0.25) is 10.0 Å². The number of nitrogens with two attached hydrogens (primary N) is 1. The van der Waals surface area contributed by atoms with E-state index < -0.39 is 11.9 Å². The van der Waals surface area contributed by atoms with Gasteiger partial charge in [0.1, 0.15) is 5.00 Å². The van der Waals surface area contributed by atoms with Crippen LogP contribution in [0.25, 0.3) is 0 Å². The summed E-state index contributed by atoms with van der Waals surface area (Å²) in [5.41, 5.74) is 7.11. The fourth-order valence-electron chi connectivity index (χ4n) is 3.73. The largest absolute Gasteiger partial charge is 0.459 e. The van der Waals surface area contributed by atoms with Gasteiger partial charge >= 0.3 is 5.97 Å². The molecule has 1 aliphatic rings. The summed E-state index contributed by atoms with van der Waals surface area (Å²) >= 11 is 13.1. The highest BCUT2D eigenvalue weighted by atomic mass is 35.5. The van der Waals surface area contributed by atoms with Crippen LogP contribution in [0.1, 0.15) is 45.0 Å². The van der Waals surface area contributed by atoms with Crippen LogP contribution in [-0.2, 0) is 16.1 Å². The monoisotopic (exact) mass is 526 g/mol. The summed E-state index contributed by atoms with van der Waals surface area (Å²) in [4.78, 5) is 41.7. The number of esters is 1. The van der Waals surface area contributed by atoms with E-state index in [2.05, 4.69) is 10.2 Å². The van der Waals surface area contributed by atoms with Crippen molar-refractivity contribution in [2.24, 2.45) is 5.73 Å². The van der Waals surface area contributed by atoms with E-state index in [1.54, 1.807) is 26.8 Å². The average molecular weight is 527 g/mol. The van der Waals surface area contributed by atoms with Crippen molar-refractivity contribution < 1.29 is 19.1 Å². The van der Waals surface area contributed by atoms with E-state index in [1.165, 1.54) is 0 Å². The first-order valence-electron chi connectivity index (χ1n) is 10.9. The third-order valence-electron chi connectivity index (χ3n) is 5.39. The Kier molecular flexibility index (Phi) is 8.95. The zero-order valence-electron chi connectivity index (χ0n) is 19.3. The molecular formula is C23H28Cl2N4O4S. The molecule has 184 valence electrons. The molecule has 1 aromatic carbocycles. The minimum atomic E-state index is -0.653. The molecule has 8 nitrogen and oxygen atoms in total. The number of anilines is 1. The third kappa shape index (κ3) is 6.70. The Morgan fingerprint density at radius 3 is 2.35 bits per heavy atom. The number of benzene rings is 1. The van der Waals surface area contributed by atoms with Gasteiger partial charge in [-0.3, -0.25) is 19.4 Å². The molecule has 1 fully saturated rings. The van der Waals surface area contributed by atoms with Crippen LogP contribution in [0.15, 0.2) is 18.2 Å². The maximum absolute atomic E-state index is 12.8. The molecule has 0 radical (unpaired) electrons. The number of carbonyl (C=O) groups is 3. The van der Waals surface area contributed by atoms with Gasteiger partial charge < -0.3 is 15.8 Å². The van der Waals surface area contributed by atoms with Crippen LogP contribution in [0, 0.1) is 6.92 Å². The number of hydrogen-bond donors (Lipinski definition) is 2. The topological polar surface area (TPSA) is 105 Å². The molecule has 2 amide bonds. The van der Waals surface area contributed by atoms with Crippen molar-refractivity contribution in [3.05, 3.63) is 49.8 Å². The fraction of sp³-hybridized carbons (Fsp3) is 0.435. The zero-order chi connectivity index (χ0) is 25.0. The Morgan fingerprint density at radius 2 is 1.76 bits per heavy atom. The van der Waals surface area contributed by atoms with Gasteiger partial charge in [0.05, 0.1) is 33.1 Å². The molecule has 1 aromatic heterocycles. The Hall–Kier alpha value is -2.17. The van der Waals surface area contributed by atoms with Gasteiger partial charge in [0.25, 0.3) is 5.91 Å². The van der Waals surface area contributed by atoms with E-state index in [9.17, 15) is 14.4 Å². The Morgan fingerprint density at radius 1 is 1.12 bits per heavy atom. The molecule has 11 heteroatoms. The Balaban J connectivity index is 1.58. The molecule has 2 aromatic rings. The summed E-state index contributed by atoms with van der Waals surface area (Å²) in [7, 11) is 0. The van der Waals surface area contributed by atoms with E-state index in [4.69, 9.17) is 33.7 Å². The van der Waals surface area contributed by atoms with Crippen molar-refractivity contribution in [1.29, 1.82) is 0 Å². The van der Waals surface area contributed by atoms with Crippen LogP contribution in [-0.4, -0.2) is 66.4 Å². The van der Waals surface area contributed by atoms with Gasteiger partial charge in [-0.15, -0.1) is 11.3 Å². The minimum absolute atomic E-state index is 0.169. The predicted octanol–water partition coefficient (Wildman–Crippen LogP) is 3.78. The van der Waals surface area contributed by atoms with Crippen LogP contribution in [0.3, 0.4) is 0 Å². The quantitative estimate of drug-likeness (QED) is 0.507. The number of ether oxygens (including phenoxy) is 1. The summed E-state index contributed by atoms with van der Waals surface area (Å²) in [6.45, 7) is 9.02. The highest BCUT2D eigenvalue weighted by molar-refractivity contribution is 7.18. The molecule has 0 bridgehead atoms. The van der Waals surface area contributed by atoms with E-state index in [-0.39, 0.29) is 34.0 Å². The summed E-state index contributed by atoms with van der Waals surface area (Å²) in [5.74, 6) is -1.52. The number of hydrogen-bond acceptors (Lipinski definition) is 7. The molecule has 0 spiro atoms. The van der Waals surface area contributed by atoms with Crippen LogP contribution in [0.4, 0.5) is 5.00 Å². The first-order chi connectivity index (χ1) is 16.0. The van der Waals surface area contributed by atoms with Gasteiger partial charge in [-0.05, 0) is 44.0 Å². The van der Waals surface area contributed by atoms with Gasteiger partial charge in [-0.2, -0.15) is 0 Å². The van der Waals surface area contributed by atoms with E-state index in [1.807, 2.05) is 17.0 Å². The summed E-state index contributed by atoms with van der Waals surface area (Å²) in [6.07, 6.45) is -0.340. The lowest BCUT2D eigenvalue weighted by Gasteiger charge is -2.34. The number of nitrogens with one attached hydrogen (secondary N) is 1. The summed E-state index contributed by atoms with van der Waals surface area (Å²) in [5, 5.41) is 4.13. The number of halogens is 2. The lowest BCUT2D eigenvalue weighted by molar-refractivity contribution is -0.117. The van der Waals surface area contributed by atoms with Crippen molar-refractivity contribution in [2.45, 2.75) is 33.4 Å². The van der Waals surface area contributed by atoms with Gasteiger partial charge in [0.2, 0.25) is 5.91 Å². The normalized spacial score (nSPS) is 14.9. The highest BCUT2D eigenvalue weighted by Crippen LogP contribution is 2.33. The zero-order valence-corrected chi connectivity index (χ0v) is 21.6. The number of rotatable bonds is 8. The van der Waals surface area contributed by atoms with Crippen LogP contribution < -0.4 is 11.1 Å². The third-order valence-corrected chi connectivity index (χ3v) is 7.35. The maximum Gasteiger partial charge on any atom is 0.341 e. The molecule has 0 unspecified atom stereocenters. The molecule has 3 N–H and O–H groups in total. The van der Waals surface area contributed by atoms with Gasteiger partial charge in [0, 0.05) is 32.7 Å². The first-order valence-corrected chi connectivity index (χ1v) is 12.4. The standard InChI is InChI=1S/C23H28Cl2N4O4S/c1-13(2)33-23(32)19-14(3)20(21(26)31)34-22(19)27-18(30)12-29-8-6-28(7-9-29)11-15-4-5-16(24)17(25)10-15/h4-5,10,13H,6-9,11-12H2,1-3H3,(H2,26,31)(H,27,30). The smallest absolute Gasteiger partial charge is 0.341 e. The number of carbonyl (C=O) groups excluding carboxylic acids is 3. The van der Waals surface area contributed by atoms with Crippen LogP contribution >= 0.6 is 34.5 Å². The first kappa shape index (κ1) is 26.4. The fourth-order valence-corrected chi connectivity index (χ4v) is 5.11. The summed E-state index contributed by atoms with van der Waals surface area (Å²) in [6, 6.07) is 5.62. The van der Waals surface area contributed by atoms with Crippen LogP contribution in [0.5, 0.6) is 0 Å². The second kappa shape index (κ2) is 11.5. The second-order valence-corrected chi connectivity index (χ2v) is 10.3. The summed E-state index contributed by atoms with van der Waals surface area (Å²) < 4.78 is 5.29. The Labute approximate surface area is 212 Å². The number of piperazine rings is 1. The molecular weight excluding hydrogens is 499 g/mol. The molecule has 0 saturated carbocycles. The molecule has 0 atom stereocenters. The van der Waals surface area contributed by atoms with Crippen molar-refractivity contribution in [2.75, 3.05) is 38.0 Å². The van der Waals surface area contributed by atoms with E-state index in [0.717, 1.165) is 36.5 Å². The van der Waals surface area contributed by atoms with Gasteiger partial charge in [-0.1, -0.05) is 29.3 Å². The van der Waals surface area contributed by atoms with E-state index >= 15 is 0 Å². The molecule has 0 aliphatic carbocycles. The van der Waals surface area contributed by atoms with Crippen molar-refractivity contribution in [1.82, 2.24) is 9.80 Å². The molecule has 1 aliphatic heterocycles. The molecule has 3 rings (SSSR count). The van der Waals surface area contributed by atoms with E-state index in [0.29, 0.717) is 28.7 Å². The van der Waals surface area contributed by atoms with Crippen molar-refractivity contribution in [3.63, 3.8) is 0 Å². The van der Waals surface area contributed by atoms with Gasteiger partial charge in [-0.25, -0.2) is 4.79 Å². The minimum Gasteiger partial charge on any atom is -0.459 e. The number of amides is 2.